The fraction of sp³-hybridized carbons (Fsp3) is 0.800. The fourth-order valence-electron chi connectivity index (χ4n) is 2.08. The van der Waals surface area contributed by atoms with Crippen LogP contribution < -0.4 is 5.32 Å². The molecule has 96 valence electrons. The van der Waals surface area contributed by atoms with Gasteiger partial charge in [0.25, 0.3) is 0 Å². The summed E-state index contributed by atoms with van der Waals surface area (Å²) in [7, 11) is 0. The average molecular weight is 244 g/mol. The number of amides is 3. The Balaban J connectivity index is 2.03. The van der Waals surface area contributed by atoms with E-state index in [1.54, 1.807) is 6.92 Å². The molecule has 2 aliphatic rings. The van der Waals surface area contributed by atoms with Crippen molar-refractivity contribution < 1.29 is 24.5 Å². The molecule has 0 spiro atoms. The third-order valence-corrected chi connectivity index (χ3v) is 3.14. The van der Waals surface area contributed by atoms with Gasteiger partial charge in [-0.15, -0.1) is 0 Å². The number of rotatable bonds is 2. The predicted octanol–water partition coefficient (Wildman–Crippen LogP) is -1.36. The molecule has 2 heterocycles. The highest BCUT2D eigenvalue weighted by molar-refractivity contribution is 5.97. The summed E-state index contributed by atoms with van der Waals surface area (Å²) in [5, 5.41) is 20.8. The van der Waals surface area contributed by atoms with Crippen molar-refractivity contribution >= 4 is 11.9 Å². The summed E-state index contributed by atoms with van der Waals surface area (Å²) in [6.45, 7) is 1.69. The minimum Gasteiger partial charge on any atom is -0.394 e. The number of aliphatic hydroxyl groups is 2. The lowest BCUT2D eigenvalue weighted by molar-refractivity contribution is -0.128. The van der Waals surface area contributed by atoms with Crippen LogP contribution in [0.3, 0.4) is 0 Å². The quantitative estimate of drug-likeness (QED) is 0.557. The number of nitrogens with zero attached hydrogens (tertiary/aromatic N) is 1. The van der Waals surface area contributed by atoms with Crippen LogP contribution in [0.1, 0.15) is 13.3 Å². The van der Waals surface area contributed by atoms with E-state index in [2.05, 4.69) is 5.32 Å². The van der Waals surface area contributed by atoms with Crippen LogP contribution in [0.4, 0.5) is 4.79 Å². The van der Waals surface area contributed by atoms with E-state index in [0.717, 1.165) is 0 Å². The van der Waals surface area contributed by atoms with Gasteiger partial charge in [-0.25, -0.2) is 4.79 Å². The number of hydrogen-bond donors (Lipinski definition) is 3. The van der Waals surface area contributed by atoms with Crippen LogP contribution in [0, 0.1) is 5.92 Å². The molecule has 4 atom stereocenters. The number of hydrogen-bond acceptors (Lipinski definition) is 5. The lowest BCUT2D eigenvalue weighted by Crippen LogP contribution is -2.57. The average Bonchev–Trinajstić information content (AvgIpc) is 2.65. The highest BCUT2D eigenvalue weighted by atomic mass is 16.5. The van der Waals surface area contributed by atoms with Gasteiger partial charge in [0.1, 0.15) is 12.3 Å². The van der Waals surface area contributed by atoms with E-state index in [4.69, 9.17) is 9.84 Å². The smallest absolute Gasteiger partial charge is 0.326 e. The van der Waals surface area contributed by atoms with Crippen LogP contribution in [0.25, 0.3) is 0 Å². The molecule has 0 aromatic carbocycles. The maximum absolute atomic E-state index is 11.6. The van der Waals surface area contributed by atoms with Crippen LogP contribution in [0.5, 0.6) is 0 Å². The van der Waals surface area contributed by atoms with Gasteiger partial charge in [0, 0.05) is 13.0 Å². The van der Waals surface area contributed by atoms with E-state index in [1.165, 1.54) is 4.90 Å². The Hall–Kier alpha value is -1.18. The number of imide groups is 1. The van der Waals surface area contributed by atoms with Gasteiger partial charge >= 0.3 is 6.03 Å². The third-order valence-electron chi connectivity index (χ3n) is 3.14. The minimum atomic E-state index is -0.786. The van der Waals surface area contributed by atoms with E-state index >= 15 is 0 Å². The number of aliphatic hydroxyl groups excluding tert-OH is 2. The van der Waals surface area contributed by atoms with Gasteiger partial charge in [-0.2, -0.15) is 0 Å². The van der Waals surface area contributed by atoms with Gasteiger partial charge in [-0.05, 0) is 0 Å². The Morgan fingerprint density at radius 2 is 2.24 bits per heavy atom. The van der Waals surface area contributed by atoms with Gasteiger partial charge in [-0.3, -0.25) is 15.0 Å². The first-order valence-electron chi connectivity index (χ1n) is 5.58. The second-order valence-electron chi connectivity index (χ2n) is 4.46. The number of ether oxygens (including phenoxy) is 1. The van der Waals surface area contributed by atoms with Gasteiger partial charge < -0.3 is 14.9 Å². The second kappa shape index (κ2) is 4.59. The van der Waals surface area contributed by atoms with E-state index < -0.39 is 24.5 Å². The molecule has 2 aliphatic heterocycles. The number of urea groups is 1. The third kappa shape index (κ3) is 2.26. The monoisotopic (exact) mass is 244 g/mol. The van der Waals surface area contributed by atoms with Crippen molar-refractivity contribution in [3.8, 4) is 0 Å². The maximum atomic E-state index is 11.6. The van der Waals surface area contributed by atoms with Crippen LogP contribution in [0.15, 0.2) is 0 Å². The Morgan fingerprint density at radius 1 is 1.53 bits per heavy atom. The van der Waals surface area contributed by atoms with E-state index in [1.807, 2.05) is 0 Å². The van der Waals surface area contributed by atoms with Gasteiger partial charge in [0.15, 0.2) is 0 Å². The largest absolute Gasteiger partial charge is 0.394 e. The number of carbonyl (C=O) groups excluding carboxylic acids is 2. The van der Waals surface area contributed by atoms with Crippen molar-refractivity contribution in [1.82, 2.24) is 10.2 Å². The molecular formula is C10H16N2O5. The highest BCUT2D eigenvalue weighted by Gasteiger charge is 2.41. The topological polar surface area (TPSA) is 99.1 Å². The van der Waals surface area contributed by atoms with Crippen LogP contribution in [0.2, 0.25) is 0 Å². The van der Waals surface area contributed by atoms with Crippen molar-refractivity contribution in [2.45, 2.75) is 31.8 Å². The van der Waals surface area contributed by atoms with Crippen LogP contribution in [-0.2, 0) is 9.53 Å². The van der Waals surface area contributed by atoms with Gasteiger partial charge in [0.2, 0.25) is 5.91 Å². The van der Waals surface area contributed by atoms with E-state index in [-0.39, 0.29) is 31.4 Å². The van der Waals surface area contributed by atoms with Crippen molar-refractivity contribution in [1.29, 1.82) is 0 Å². The zero-order valence-corrected chi connectivity index (χ0v) is 9.50. The zero-order chi connectivity index (χ0) is 12.6. The molecular weight excluding hydrogens is 228 g/mol. The predicted molar refractivity (Wildman–Crippen MR) is 55.8 cm³/mol. The SMILES string of the molecule is C[C@@H]1CN([C@@H]2C[C@@H](O)[C@@H](CO)O2)C(=O)NC1=O. The summed E-state index contributed by atoms with van der Waals surface area (Å²) in [4.78, 5) is 24.2. The van der Waals surface area contributed by atoms with Crippen molar-refractivity contribution in [2.24, 2.45) is 5.92 Å². The summed E-state index contributed by atoms with van der Waals surface area (Å²) < 4.78 is 5.37. The molecule has 0 saturated carbocycles. The van der Waals surface area contributed by atoms with Crippen LogP contribution >= 0.6 is 0 Å². The Labute approximate surface area is 98.3 Å². The molecule has 3 N–H and O–H groups in total. The first kappa shape index (κ1) is 12.3. The number of carbonyl (C=O) groups is 2. The molecule has 7 heteroatoms. The Morgan fingerprint density at radius 3 is 2.82 bits per heavy atom. The summed E-state index contributed by atoms with van der Waals surface area (Å²) >= 11 is 0. The molecule has 7 nitrogen and oxygen atoms in total. The Kier molecular flexibility index (Phi) is 3.32. The Bertz CT molecular complexity index is 335. The lowest BCUT2D eigenvalue weighted by Gasteiger charge is -2.34. The maximum Gasteiger partial charge on any atom is 0.326 e. The summed E-state index contributed by atoms with van der Waals surface area (Å²) in [5.74, 6) is -0.606. The minimum absolute atomic E-state index is 0.250. The molecule has 0 aliphatic carbocycles. The fourth-order valence-corrected chi connectivity index (χ4v) is 2.08. The first-order chi connectivity index (χ1) is 8.02. The standard InChI is InChI=1S/C10H16N2O5/c1-5-3-12(10(16)11-9(5)15)8-2-6(14)7(4-13)17-8/h5-8,13-14H,2-4H2,1H3,(H,11,15,16)/t5-,6-,7-,8+/m1/s1. The van der Waals surface area contributed by atoms with E-state index in [0.29, 0.717) is 0 Å². The molecule has 0 aromatic heterocycles. The summed E-state index contributed by atoms with van der Waals surface area (Å²) in [5.41, 5.74) is 0. The summed E-state index contributed by atoms with van der Waals surface area (Å²) in [6.07, 6.45) is -1.79. The van der Waals surface area contributed by atoms with Gasteiger partial charge in [-0.1, -0.05) is 6.92 Å². The molecule has 0 unspecified atom stereocenters. The molecule has 2 saturated heterocycles. The summed E-state index contributed by atoms with van der Waals surface area (Å²) in [6, 6.07) is -0.510. The molecule has 2 fully saturated rings. The highest BCUT2D eigenvalue weighted by Crippen LogP contribution is 2.25. The van der Waals surface area contributed by atoms with E-state index in [9.17, 15) is 14.7 Å². The van der Waals surface area contributed by atoms with Gasteiger partial charge in [0.05, 0.1) is 18.6 Å². The molecule has 2 rings (SSSR count). The molecule has 3 amide bonds. The molecule has 0 bridgehead atoms. The zero-order valence-electron chi connectivity index (χ0n) is 9.50. The van der Waals surface area contributed by atoms with Crippen LogP contribution in [-0.4, -0.2) is 58.6 Å². The first-order valence-corrected chi connectivity index (χ1v) is 5.58. The van der Waals surface area contributed by atoms with Crippen molar-refractivity contribution in [3.63, 3.8) is 0 Å². The normalized spacial score (nSPS) is 38.4. The molecule has 0 radical (unpaired) electrons. The number of nitrogens with one attached hydrogen (secondary N) is 1. The van der Waals surface area contributed by atoms with Crippen molar-refractivity contribution in [3.05, 3.63) is 0 Å². The lowest BCUT2D eigenvalue weighted by atomic mass is 10.1. The second-order valence-corrected chi connectivity index (χ2v) is 4.46. The molecule has 0 aromatic rings. The molecule has 17 heavy (non-hydrogen) atoms. The van der Waals surface area contributed by atoms with Crippen molar-refractivity contribution in [2.75, 3.05) is 13.2 Å².